The summed E-state index contributed by atoms with van der Waals surface area (Å²) in [4.78, 5) is 11.3. The number of thiophene rings is 1. The highest BCUT2D eigenvalue weighted by molar-refractivity contribution is 7.14. The number of anilines is 1. The summed E-state index contributed by atoms with van der Waals surface area (Å²) in [7, 11) is 3.02. The second-order valence-electron chi connectivity index (χ2n) is 3.16. The number of hydrogen-bond acceptors (Lipinski definition) is 5. The average Bonchev–Trinajstić information content (AvgIpc) is 2.65. The van der Waals surface area contributed by atoms with Crippen LogP contribution in [0.25, 0.3) is 0 Å². The van der Waals surface area contributed by atoms with E-state index < -0.39 is 0 Å². The summed E-state index contributed by atoms with van der Waals surface area (Å²) >= 11 is 1.48. The van der Waals surface area contributed by atoms with Gasteiger partial charge in [0.05, 0.1) is 19.3 Å². The summed E-state index contributed by atoms with van der Waals surface area (Å²) in [5.74, 6) is -0.316. The zero-order valence-corrected chi connectivity index (χ0v) is 9.89. The third kappa shape index (κ3) is 3.21. The molecule has 0 aromatic carbocycles. The molecule has 5 heteroatoms. The number of carbonyl (C=O) groups excluding carboxylic acids is 1. The Morgan fingerprint density at radius 3 is 2.93 bits per heavy atom. The van der Waals surface area contributed by atoms with Gasteiger partial charge in [-0.1, -0.05) is 0 Å². The van der Waals surface area contributed by atoms with Gasteiger partial charge in [-0.15, -0.1) is 11.3 Å². The Morgan fingerprint density at radius 2 is 2.33 bits per heavy atom. The first-order valence-electron chi connectivity index (χ1n) is 4.60. The van der Waals surface area contributed by atoms with Crippen LogP contribution in [0.2, 0.25) is 0 Å². The van der Waals surface area contributed by atoms with E-state index in [-0.39, 0.29) is 12.0 Å². The summed E-state index contributed by atoms with van der Waals surface area (Å²) in [6.07, 6.45) is 0. The maximum absolute atomic E-state index is 11.3. The Kier molecular flexibility index (Phi) is 4.58. The van der Waals surface area contributed by atoms with Crippen molar-refractivity contribution in [2.75, 3.05) is 26.1 Å². The molecule has 1 N–H and O–H groups in total. The van der Waals surface area contributed by atoms with Crippen LogP contribution in [0.1, 0.15) is 17.3 Å². The molecule has 0 fully saturated rings. The van der Waals surface area contributed by atoms with Crippen LogP contribution in [0.5, 0.6) is 0 Å². The van der Waals surface area contributed by atoms with Crippen LogP contribution in [-0.2, 0) is 9.47 Å². The fourth-order valence-corrected chi connectivity index (χ4v) is 2.09. The van der Waals surface area contributed by atoms with Crippen molar-refractivity contribution in [2.45, 2.75) is 13.0 Å². The minimum Gasteiger partial charge on any atom is -0.465 e. The van der Waals surface area contributed by atoms with Crippen LogP contribution in [0.3, 0.4) is 0 Å². The van der Waals surface area contributed by atoms with Gasteiger partial charge in [-0.3, -0.25) is 0 Å². The lowest BCUT2D eigenvalue weighted by Gasteiger charge is -2.13. The molecule has 15 heavy (non-hydrogen) atoms. The number of nitrogens with one attached hydrogen (secondary N) is 1. The van der Waals surface area contributed by atoms with Crippen LogP contribution in [0.4, 0.5) is 5.00 Å². The first kappa shape index (κ1) is 12.0. The fourth-order valence-electron chi connectivity index (χ4n) is 1.21. The number of ether oxygens (including phenoxy) is 2. The van der Waals surface area contributed by atoms with Crippen molar-refractivity contribution in [1.29, 1.82) is 0 Å². The Bertz CT molecular complexity index is 324. The molecule has 0 aliphatic rings. The molecule has 0 saturated heterocycles. The molecule has 1 rings (SSSR count). The zero-order chi connectivity index (χ0) is 11.3. The van der Waals surface area contributed by atoms with Crippen LogP contribution in [0.15, 0.2) is 11.4 Å². The highest BCUT2D eigenvalue weighted by atomic mass is 32.1. The maximum Gasteiger partial charge on any atom is 0.340 e. The van der Waals surface area contributed by atoms with Crippen molar-refractivity contribution in [1.82, 2.24) is 0 Å². The summed E-state index contributed by atoms with van der Waals surface area (Å²) < 4.78 is 9.68. The highest BCUT2D eigenvalue weighted by Crippen LogP contribution is 2.24. The van der Waals surface area contributed by atoms with Crippen LogP contribution in [0, 0.1) is 0 Å². The average molecular weight is 229 g/mol. The van der Waals surface area contributed by atoms with Crippen molar-refractivity contribution in [3.63, 3.8) is 0 Å². The lowest BCUT2D eigenvalue weighted by atomic mass is 10.3. The Balaban J connectivity index is 2.68. The molecule has 0 spiro atoms. The third-order valence-corrected chi connectivity index (χ3v) is 2.71. The van der Waals surface area contributed by atoms with Gasteiger partial charge in [0.25, 0.3) is 0 Å². The third-order valence-electron chi connectivity index (χ3n) is 1.86. The van der Waals surface area contributed by atoms with E-state index in [4.69, 9.17) is 4.74 Å². The van der Waals surface area contributed by atoms with Gasteiger partial charge < -0.3 is 14.8 Å². The van der Waals surface area contributed by atoms with E-state index in [2.05, 4.69) is 10.1 Å². The molecule has 0 aliphatic heterocycles. The van der Waals surface area contributed by atoms with E-state index in [0.717, 1.165) is 5.00 Å². The van der Waals surface area contributed by atoms with Crippen molar-refractivity contribution in [3.05, 3.63) is 17.0 Å². The molecule has 0 saturated carbocycles. The monoisotopic (exact) mass is 229 g/mol. The van der Waals surface area contributed by atoms with E-state index in [0.29, 0.717) is 12.2 Å². The largest absolute Gasteiger partial charge is 0.465 e. The number of esters is 1. The molecular weight excluding hydrogens is 214 g/mol. The molecule has 0 amide bonds. The fraction of sp³-hybridized carbons (Fsp3) is 0.500. The van der Waals surface area contributed by atoms with Crippen molar-refractivity contribution >= 4 is 22.3 Å². The molecule has 1 aromatic heterocycles. The predicted molar refractivity (Wildman–Crippen MR) is 60.6 cm³/mol. The van der Waals surface area contributed by atoms with E-state index in [9.17, 15) is 4.79 Å². The van der Waals surface area contributed by atoms with E-state index in [1.165, 1.54) is 18.4 Å². The number of methoxy groups -OCH3 is 2. The summed E-state index contributed by atoms with van der Waals surface area (Å²) in [6, 6.07) is 1.91. The summed E-state index contributed by atoms with van der Waals surface area (Å²) in [6.45, 7) is 2.59. The molecule has 1 unspecified atom stereocenters. The van der Waals surface area contributed by atoms with E-state index in [1.54, 1.807) is 13.2 Å². The summed E-state index contributed by atoms with van der Waals surface area (Å²) in [5, 5.41) is 5.88. The molecule has 0 aliphatic carbocycles. The van der Waals surface area contributed by atoms with Gasteiger partial charge in [-0.2, -0.15) is 0 Å². The number of rotatable bonds is 5. The van der Waals surface area contributed by atoms with Gasteiger partial charge in [-0.25, -0.2) is 4.79 Å². The van der Waals surface area contributed by atoms with Crippen LogP contribution >= 0.6 is 11.3 Å². The van der Waals surface area contributed by atoms with Gasteiger partial charge in [-0.05, 0) is 18.4 Å². The zero-order valence-electron chi connectivity index (χ0n) is 9.07. The van der Waals surface area contributed by atoms with Crippen molar-refractivity contribution in [3.8, 4) is 0 Å². The van der Waals surface area contributed by atoms with Gasteiger partial charge >= 0.3 is 5.97 Å². The SMILES string of the molecule is COCC(C)Nc1sccc1C(=O)OC. The molecule has 0 radical (unpaired) electrons. The van der Waals surface area contributed by atoms with E-state index in [1.807, 2.05) is 12.3 Å². The lowest BCUT2D eigenvalue weighted by Crippen LogP contribution is -2.21. The van der Waals surface area contributed by atoms with Crippen molar-refractivity contribution in [2.24, 2.45) is 0 Å². The topological polar surface area (TPSA) is 47.6 Å². The molecule has 84 valence electrons. The van der Waals surface area contributed by atoms with E-state index >= 15 is 0 Å². The highest BCUT2D eigenvalue weighted by Gasteiger charge is 2.14. The predicted octanol–water partition coefficient (Wildman–Crippen LogP) is 1.98. The van der Waals surface area contributed by atoms with Gasteiger partial charge in [0.1, 0.15) is 5.00 Å². The Labute approximate surface area is 93.2 Å². The minimum absolute atomic E-state index is 0.164. The minimum atomic E-state index is -0.316. The van der Waals surface area contributed by atoms with Crippen LogP contribution < -0.4 is 5.32 Å². The Hall–Kier alpha value is -1.07. The lowest BCUT2D eigenvalue weighted by molar-refractivity contribution is 0.0602. The first-order chi connectivity index (χ1) is 7.19. The van der Waals surface area contributed by atoms with Gasteiger partial charge in [0.15, 0.2) is 0 Å². The Morgan fingerprint density at radius 1 is 1.60 bits per heavy atom. The smallest absolute Gasteiger partial charge is 0.340 e. The quantitative estimate of drug-likeness (QED) is 0.784. The normalized spacial score (nSPS) is 12.2. The standard InChI is InChI=1S/C10H15NO3S/c1-7(6-13-2)11-9-8(4-5-15-9)10(12)14-3/h4-5,7,11H,6H2,1-3H3. The van der Waals surface area contributed by atoms with Crippen molar-refractivity contribution < 1.29 is 14.3 Å². The van der Waals surface area contributed by atoms with Gasteiger partial charge in [0.2, 0.25) is 0 Å². The molecule has 4 nitrogen and oxygen atoms in total. The number of carbonyl (C=O) groups is 1. The molecule has 1 heterocycles. The first-order valence-corrected chi connectivity index (χ1v) is 5.48. The second kappa shape index (κ2) is 5.72. The molecule has 1 aromatic rings. The summed E-state index contributed by atoms with van der Waals surface area (Å²) in [5.41, 5.74) is 0.574. The maximum atomic E-state index is 11.3. The molecular formula is C10H15NO3S. The molecule has 0 bridgehead atoms. The second-order valence-corrected chi connectivity index (χ2v) is 4.07. The molecule has 1 atom stereocenters. The number of hydrogen-bond donors (Lipinski definition) is 1. The van der Waals surface area contributed by atoms with Gasteiger partial charge in [0, 0.05) is 13.2 Å². The van der Waals surface area contributed by atoms with Crippen LogP contribution in [-0.4, -0.2) is 32.8 Å².